The number of rotatable bonds is 4. The van der Waals surface area contributed by atoms with E-state index in [9.17, 15) is 18.0 Å². The maximum absolute atomic E-state index is 13.5. The topological polar surface area (TPSA) is 66.9 Å². The van der Waals surface area contributed by atoms with Gasteiger partial charge in [0.1, 0.15) is 0 Å². The van der Waals surface area contributed by atoms with E-state index in [-0.39, 0.29) is 17.0 Å². The quantitative estimate of drug-likeness (QED) is 0.672. The molecule has 0 saturated carbocycles. The van der Waals surface area contributed by atoms with E-state index in [0.29, 0.717) is 10.7 Å². The number of alkyl halides is 3. The minimum absolute atomic E-state index is 0.149. The summed E-state index contributed by atoms with van der Waals surface area (Å²) < 4.78 is 40.4. The Kier molecular flexibility index (Phi) is 6.57. The predicted molar refractivity (Wildman–Crippen MR) is 105 cm³/mol. The van der Waals surface area contributed by atoms with Crippen LogP contribution in [0.1, 0.15) is 28.9 Å². The van der Waals surface area contributed by atoms with Gasteiger partial charge in [0.25, 0.3) is 5.91 Å². The Hall–Kier alpha value is -1.71. The molecule has 2 N–H and O–H groups in total. The van der Waals surface area contributed by atoms with Gasteiger partial charge in [-0.2, -0.15) is 24.9 Å². The molecule has 150 valence electrons. The second-order valence-corrected chi connectivity index (χ2v) is 8.11. The third kappa shape index (κ3) is 5.21. The van der Waals surface area contributed by atoms with Gasteiger partial charge in [0, 0.05) is 17.9 Å². The molecule has 28 heavy (non-hydrogen) atoms. The first-order chi connectivity index (χ1) is 13.2. The Bertz CT molecular complexity index is 876. The second-order valence-electron chi connectivity index (χ2n) is 6.07. The highest BCUT2D eigenvalue weighted by Crippen LogP contribution is 2.32. The molecule has 0 unspecified atom stereocenters. The van der Waals surface area contributed by atoms with Crippen LogP contribution < -0.4 is 10.6 Å². The largest absolute Gasteiger partial charge is 0.434 e. The van der Waals surface area contributed by atoms with Crippen molar-refractivity contribution in [2.75, 3.05) is 16.8 Å². The number of hydrogen-bond donors (Lipinski definition) is 2. The molecule has 11 heteroatoms. The smallest absolute Gasteiger partial charge is 0.349 e. The summed E-state index contributed by atoms with van der Waals surface area (Å²) in [6, 6.07) is 4.29. The summed E-state index contributed by atoms with van der Waals surface area (Å²) in [5, 5.41) is 5.81. The summed E-state index contributed by atoms with van der Waals surface area (Å²) in [5.74, 6) is 0.585. The van der Waals surface area contributed by atoms with Gasteiger partial charge >= 0.3 is 6.18 Å². The summed E-state index contributed by atoms with van der Waals surface area (Å²) in [4.78, 5) is 19.8. The number of nitrogens with zero attached hydrogens (tertiary/aromatic N) is 2. The Labute approximate surface area is 173 Å². The number of benzene rings is 1. The van der Waals surface area contributed by atoms with Crippen LogP contribution in [0.4, 0.5) is 24.8 Å². The van der Waals surface area contributed by atoms with Crippen LogP contribution in [0.5, 0.6) is 0 Å². The number of amides is 1. The lowest BCUT2D eigenvalue weighted by atomic mass is 10.1. The molecule has 0 radical (unpaired) electrons. The summed E-state index contributed by atoms with van der Waals surface area (Å²) in [6.07, 6.45) is -2.50. The molecule has 1 aromatic heterocycles. The fourth-order valence-corrected chi connectivity index (χ4v) is 4.04. The van der Waals surface area contributed by atoms with E-state index in [4.69, 9.17) is 23.2 Å². The molecule has 1 aromatic carbocycles. The van der Waals surface area contributed by atoms with Crippen molar-refractivity contribution in [3.8, 4) is 0 Å². The van der Waals surface area contributed by atoms with Crippen molar-refractivity contribution < 1.29 is 18.0 Å². The van der Waals surface area contributed by atoms with Crippen LogP contribution in [0.2, 0.25) is 10.0 Å². The molecule has 1 aliphatic rings. The van der Waals surface area contributed by atoms with Crippen LogP contribution in [0.25, 0.3) is 0 Å². The average molecular weight is 451 g/mol. The van der Waals surface area contributed by atoms with Crippen molar-refractivity contribution in [2.24, 2.45) is 0 Å². The molecular formula is C17H15Cl2F3N4OS. The van der Waals surface area contributed by atoms with E-state index in [1.165, 1.54) is 18.2 Å². The number of nitrogens with one attached hydrogen (secondary N) is 2. The van der Waals surface area contributed by atoms with E-state index >= 15 is 0 Å². The highest BCUT2D eigenvalue weighted by molar-refractivity contribution is 7.99. The predicted octanol–water partition coefficient (Wildman–Crippen LogP) is 5.17. The number of carbonyl (C=O) groups excluding carboxylic acids is 1. The molecule has 0 spiro atoms. The molecule has 1 saturated heterocycles. The van der Waals surface area contributed by atoms with E-state index in [1.807, 2.05) is 0 Å². The highest BCUT2D eigenvalue weighted by Gasteiger charge is 2.38. The molecule has 1 aliphatic heterocycles. The van der Waals surface area contributed by atoms with Gasteiger partial charge in [-0.05, 0) is 42.5 Å². The molecule has 2 heterocycles. The minimum atomic E-state index is -4.81. The summed E-state index contributed by atoms with van der Waals surface area (Å²) in [6.45, 7) is 0. The number of aromatic nitrogens is 2. The third-order valence-electron chi connectivity index (χ3n) is 4.03. The van der Waals surface area contributed by atoms with Gasteiger partial charge in [-0.15, -0.1) is 0 Å². The normalized spacial score (nSPS) is 15.3. The van der Waals surface area contributed by atoms with Gasteiger partial charge in [0.15, 0.2) is 5.69 Å². The van der Waals surface area contributed by atoms with Crippen molar-refractivity contribution in [1.82, 2.24) is 15.3 Å². The minimum Gasteiger partial charge on any atom is -0.349 e. The lowest BCUT2D eigenvalue weighted by Gasteiger charge is -2.23. The van der Waals surface area contributed by atoms with E-state index in [2.05, 4.69) is 20.6 Å². The molecular weight excluding hydrogens is 436 g/mol. The standard InChI is InChI=1S/C17H15Cl2F3N4OS/c18-12-2-1-10(7-13(12)19)25-16-23-8-11(14(26-16)17(20,21)22)15(27)24-9-3-5-28-6-4-9/h1-2,7-9H,3-6H2,(H,24,27)(H,23,25,26). The Morgan fingerprint density at radius 2 is 1.89 bits per heavy atom. The van der Waals surface area contributed by atoms with Gasteiger partial charge < -0.3 is 10.6 Å². The fraction of sp³-hybridized carbons (Fsp3) is 0.353. The van der Waals surface area contributed by atoms with E-state index in [0.717, 1.165) is 30.5 Å². The molecule has 3 rings (SSSR count). The van der Waals surface area contributed by atoms with Crippen LogP contribution in [-0.4, -0.2) is 33.4 Å². The molecule has 2 aromatic rings. The fourth-order valence-electron chi connectivity index (χ4n) is 2.63. The van der Waals surface area contributed by atoms with Crippen molar-refractivity contribution >= 4 is 52.5 Å². The van der Waals surface area contributed by atoms with Crippen LogP contribution in [-0.2, 0) is 6.18 Å². The molecule has 0 atom stereocenters. The Balaban J connectivity index is 1.84. The van der Waals surface area contributed by atoms with Crippen molar-refractivity contribution in [3.63, 3.8) is 0 Å². The van der Waals surface area contributed by atoms with Crippen LogP contribution in [0.15, 0.2) is 24.4 Å². The van der Waals surface area contributed by atoms with Crippen molar-refractivity contribution in [1.29, 1.82) is 0 Å². The molecule has 1 fully saturated rings. The lowest BCUT2D eigenvalue weighted by Crippen LogP contribution is -2.38. The number of halogens is 5. The summed E-state index contributed by atoms with van der Waals surface area (Å²) in [5.41, 5.74) is -1.54. The number of hydrogen-bond acceptors (Lipinski definition) is 5. The SMILES string of the molecule is O=C(NC1CCSCC1)c1cnc(Nc2ccc(Cl)c(Cl)c2)nc1C(F)(F)F. The van der Waals surface area contributed by atoms with Crippen molar-refractivity contribution in [2.45, 2.75) is 25.1 Å². The maximum Gasteiger partial charge on any atom is 0.434 e. The number of thioether (sulfide) groups is 1. The van der Waals surface area contributed by atoms with Gasteiger partial charge in [-0.1, -0.05) is 23.2 Å². The number of carbonyl (C=O) groups is 1. The van der Waals surface area contributed by atoms with Gasteiger partial charge in [-0.25, -0.2) is 9.97 Å². The zero-order valence-electron chi connectivity index (χ0n) is 14.3. The third-order valence-corrected chi connectivity index (χ3v) is 5.82. The van der Waals surface area contributed by atoms with E-state index in [1.54, 1.807) is 11.8 Å². The average Bonchev–Trinajstić information content (AvgIpc) is 2.65. The molecule has 5 nitrogen and oxygen atoms in total. The highest BCUT2D eigenvalue weighted by atomic mass is 35.5. The number of anilines is 2. The first-order valence-corrected chi connectivity index (χ1v) is 10.2. The van der Waals surface area contributed by atoms with Crippen LogP contribution >= 0.6 is 35.0 Å². The van der Waals surface area contributed by atoms with Crippen LogP contribution in [0.3, 0.4) is 0 Å². The van der Waals surface area contributed by atoms with E-state index < -0.39 is 23.3 Å². The zero-order chi connectivity index (χ0) is 20.3. The first-order valence-electron chi connectivity index (χ1n) is 8.29. The maximum atomic E-state index is 13.5. The monoisotopic (exact) mass is 450 g/mol. The molecule has 1 amide bonds. The van der Waals surface area contributed by atoms with Gasteiger partial charge in [0.2, 0.25) is 5.95 Å². The molecule has 0 bridgehead atoms. The van der Waals surface area contributed by atoms with Gasteiger partial charge in [0.05, 0.1) is 15.6 Å². The Morgan fingerprint density at radius 1 is 1.18 bits per heavy atom. The summed E-state index contributed by atoms with van der Waals surface area (Å²) in [7, 11) is 0. The second kappa shape index (κ2) is 8.75. The zero-order valence-corrected chi connectivity index (χ0v) is 16.6. The molecule has 0 aliphatic carbocycles. The van der Waals surface area contributed by atoms with Crippen molar-refractivity contribution in [3.05, 3.63) is 45.7 Å². The van der Waals surface area contributed by atoms with Crippen LogP contribution in [0, 0.1) is 0 Å². The first kappa shape index (κ1) is 21.0. The summed E-state index contributed by atoms with van der Waals surface area (Å²) >= 11 is 13.5. The van der Waals surface area contributed by atoms with Gasteiger partial charge in [-0.3, -0.25) is 4.79 Å². The lowest BCUT2D eigenvalue weighted by molar-refractivity contribution is -0.141. The Morgan fingerprint density at radius 3 is 2.54 bits per heavy atom.